The minimum atomic E-state index is -0.963. The van der Waals surface area contributed by atoms with Crippen LogP contribution in [0, 0.1) is 16.7 Å². The molecule has 2 rings (SSSR count). The first-order chi connectivity index (χ1) is 8.18. The lowest BCUT2D eigenvalue weighted by Gasteiger charge is -2.22. The first kappa shape index (κ1) is 11.8. The normalized spacial score (nSPS) is 25.5. The van der Waals surface area contributed by atoms with E-state index in [1.54, 1.807) is 0 Å². The van der Waals surface area contributed by atoms with Crippen LogP contribution in [-0.2, 0) is 4.79 Å². The molecule has 3 heteroatoms. The van der Waals surface area contributed by atoms with Gasteiger partial charge in [0.25, 0.3) is 0 Å². The van der Waals surface area contributed by atoms with Gasteiger partial charge in [-0.2, -0.15) is 5.26 Å². The molecular formula is C14H15NO2. The molecule has 1 aromatic carbocycles. The molecule has 0 heterocycles. The fourth-order valence-corrected chi connectivity index (χ4v) is 2.43. The number of benzene rings is 1. The molecule has 1 aliphatic carbocycles. The zero-order valence-electron chi connectivity index (χ0n) is 9.60. The largest absolute Gasteiger partial charge is 0.388 e. The molecule has 0 radical (unpaired) electrons. The lowest BCUT2D eigenvalue weighted by atomic mass is 9.80. The number of hydrogen-bond donors (Lipinski definition) is 1. The van der Waals surface area contributed by atoms with E-state index in [2.05, 4.69) is 6.07 Å². The third-order valence-electron chi connectivity index (χ3n) is 3.48. The van der Waals surface area contributed by atoms with Crippen LogP contribution in [0.1, 0.15) is 37.4 Å². The smallest absolute Gasteiger partial charge is 0.153 e. The van der Waals surface area contributed by atoms with Gasteiger partial charge < -0.3 is 5.11 Å². The van der Waals surface area contributed by atoms with Gasteiger partial charge in [-0.15, -0.1) is 0 Å². The van der Waals surface area contributed by atoms with Crippen LogP contribution in [0.4, 0.5) is 0 Å². The molecule has 17 heavy (non-hydrogen) atoms. The maximum absolute atomic E-state index is 11.8. The molecule has 0 bridgehead atoms. The fourth-order valence-electron chi connectivity index (χ4n) is 2.43. The molecular weight excluding hydrogens is 214 g/mol. The monoisotopic (exact) mass is 229 g/mol. The van der Waals surface area contributed by atoms with Crippen molar-refractivity contribution >= 4 is 5.78 Å². The van der Waals surface area contributed by atoms with E-state index in [-0.39, 0.29) is 12.2 Å². The Morgan fingerprint density at radius 3 is 2.65 bits per heavy atom. The molecule has 1 fully saturated rings. The van der Waals surface area contributed by atoms with E-state index in [1.807, 2.05) is 30.3 Å². The first-order valence-electron chi connectivity index (χ1n) is 5.85. The van der Waals surface area contributed by atoms with Gasteiger partial charge in [-0.05, 0) is 18.4 Å². The van der Waals surface area contributed by atoms with Crippen LogP contribution in [-0.4, -0.2) is 10.9 Å². The molecule has 2 unspecified atom stereocenters. The maximum Gasteiger partial charge on any atom is 0.153 e. The Kier molecular flexibility index (Phi) is 3.26. The molecule has 2 atom stereocenters. The quantitative estimate of drug-likeness (QED) is 0.865. The van der Waals surface area contributed by atoms with Crippen molar-refractivity contribution in [3.8, 4) is 6.07 Å². The standard InChI is InChI=1S/C14H15NO2/c15-10-14(8-4-7-13(14)17)9-12(16)11-5-2-1-3-6-11/h1-3,5-6,12,16H,4,7-9H2. The molecule has 0 aliphatic heterocycles. The second-order valence-corrected chi connectivity index (χ2v) is 4.60. The summed E-state index contributed by atoms with van der Waals surface area (Å²) in [5.41, 5.74) is -0.197. The lowest BCUT2D eigenvalue weighted by Crippen LogP contribution is -2.26. The van der Waals surface area contributed by atoms with Gasteiger partial charge in [0.1, 0.15) is 5.41 Å². The lowest BCUT2D eigenvalue weighted by molar-refractivity contribution is -0.124. The molecule has 0 amide bonds. The third kappa shape index (κ3) is 2.22. The molecule has 0 spiro atoms. The highest BCUT2D eigenvalue weighted by Gasteiger charge is 2.43. The van der Waals surface area contributed by atoms with Crippen molar-refractivity contribution in [1.29, 1.82) is 5.26 Å². The van der Waals surface area contributed by atoms with Crippen molar-refractivity contribution < 1.29 is 9.90 Å². The summed E-state index contributed by atoms with van der Waals surface area (Å²) in [5, 5.41) is 19.3. The zero-order chi connectivity index (χ0) is 12.3. The number of hydrogen-bond acceptors (Lipinski definition) is 3. The minimum Gasteiger partial charge on any atom is -0.388 e. The summed E-state index contributed by atoms with van der Waals surface area (Å²) in [6.45, 7) is 0. The molecule has 1 aromatic rings. The first-order valence-corrected chi connectivity index (χ1v) is 5.85. The zero-order valence-corrected chi connectivity index (χ0v) is 9.60. The van der Waals surface area contributed by atoms with Crippen LogP contribution in [0.5, 0.6) is 0 Å². The van der Waals surface area contributed by atoms with Crippen molar-refractivity contribution in [3.63, 3.8) is 0 Å². The summed E-state index contributed by atoms with van der Waals surface area (Å²) in [6.07, 6.45) is 1.28. The Labute approximate surface area is 101 Å². The highest BCUT2D eigenvalue weighted by atomic mass is 16.3. The molecule has 0 aromatic heterocycles. The van der Waals surface area contributed by atoms with Crippen LogP contribution in [0.3, 0.4) is 0 Å². The predicted octanol–water partition coefficient (Wildman–Crippen LogP) is 2.37. The number of Topliss-reactive ketones (excluding diaryl/α,β-unsaturated/α-hetero) is 1. The molecule has 88 valence electrons. The van der Waals surface area contributed by atoms with Gasteiger partial charge >= 0.3 is 0 Å². The van der Waals surface area contributed by atoms with Crippen LogP contribution < -0.4 is 0 Å². The Balaban J connectivity index is 2.16. The van der Waals surface area contributed by atoms with Crippen molar-refractivity contribution in [2.24, 2.45) is 5.41 Å². The van der Waals surface area contributed by atoms with E-state index >= 15 is 0 Å². The third-order valence-corrected chi connectivity index (χ3v) is 3.48. The Morgan fingerprint density at radius 2 is 2.12 bits per heavy atom. The number of aliphatic hydroxyl groups excluding tert-OH is 1. The van der Waals surface area contributed by atoms with E-state index in [0.717, 1.165) is 12.0 Å². The number of aliphatic hydroxyl groups is 1. The van der Waals surface area contributed by atoms with Gasteiger partial charge in [0.2, 0.25) is 0 Å². The number of nitrogens with zero attached hydrogens (tertiary/aromatic N) is 1. The highest BCUT2D eigenvalue weighted by Crippen LogP contribution is 2.41. The molecule has 1 N–H and O–H groups in total. The summed E-state index contributed by atoms with van der Waals surface area (Å²) in [6, 6.07) is 11.3. The molecule has 0 saturated heterocycles. The average molecular weight is 229 g/mol. The number of carbonyl (C=O) groups excluding carboxylic acids is 1. The summed E-state index contributed by atoms with van der Waals surface area (Å²) in [4.78, 5) is 11.8. The van der Waals surface area contributed by atoms with Crippen molar-refractivity contribution in [1.82, 2.24) is 0 Å². The average Bonchev–Trinajstić information content (AvgIpc) is 2.72. The van der Waals surface area contributed by atoms with Gasteiger partial charge in [0, 0.05) is 12.8 Å². The molecule has 1 saturated carbocycles. The second kappa shape index (κ2) is 4.68. The summed E-state index contributed by atoms with van der Waals surface area (Å²) in [5.74, 6) is -0.0185. The summed E-state index contributed by atoms with van der Waals surface area (Å²) >= 11 is 0. The van der Waals surface area contributed by atoms with Crippen molar-refractivity contribution in [2.75, 3.05) is 0 Å². The molecule has 3 nitrogen and oxygen atoms in total. The van der Waals surface area contributed by atoms with Crippen molar-refractivity contribution in [2.45, 2.75) is 31.8 Å². The van der Waals surface area contributed by atoms with E-state index in [1.165, 1.54) is 0 Å². The fraction of sp³-hybridized carbons (Fsp3) is 0.429. The van der Waals surface area contributed by atoms with Crippen LogP contribution >= 0.6 is 0 Å². The van der Waals surface area contributed by atoms with E-state index in [0.29, 0.717) is 12.8 Å². The summed E-state index contributed by atoms with van der Waals surface area (Å²) in [7, 11) is 0. The van der Waals surface area contributed by atoms with E-state index < -0.39 is 11.5 Å². The van der Waals surface area contributed by atoms with Crippen LogP contribution in [0.2, 0.25) is 0 Å². The number of carbonyl (C=O) groups is 1. The SMILES string of the molecule is N#CC1(CC(O)c2ccccc2)CCCC1=O. The highest BCUT2D eigenvalue weighted by molar-refractivity contribution is 5.89. The Morgan fingerprint density at radius 1 is 1.41 bits per heavy atom. The van der Waals surface area contributed by atoms with Crippen LogP contribution in [0.15, 0.2) is 30.3 Å². The number of ketones is 1. The number of rotatable bonds is 3. The van der Waals surface area contributed by atoms with Gasteiger partial charge in [-0.1, -0.05) is 30.3 Å². The van der Waals surface area contributed by atoms with Gasteiger partial charge in [0.15, 0.2) is 5.78 Å². The van der Waals surface area contributed by atoms with Crippen molar-refractivity contribution in [3.05, 3.63) is 35.9 Å². The maximum atomic E-state index is 11.8. The second-order valence-electron chi connectivity index (χ2n) is 4.60. The number of nitriles is 1. The summed E-state index contributed by atoms with van der Waals surface area (Å²) < 4.78 is 0. The van der Waals surface area contributed by atoms with Gasteiger partial charge in [-0.3, -0.25) is 4.79 Å². The minimum absolute atomic E-state index is 0.0185. The van der Waals surface area contributed by atoms with Gasteiger partial charge in [0.05, 0.1) is 12.2 Å². The van der Waals surface area contributed by atoms with E-state index in [9.17, 15) is 15.2 Å². The Hall–Kier alpha value is -1.66. The Bertz CT molecular complexity index is 449. The van der Waals surface area contributed by atoms with Gasteiger partial charge in [-0.25, -0.2) is 0 Å². The van der Waals surface area contributed by atoms with E-state index in [4.69, 9.17) is 0 Å². The molecule has 1 aliphatic rings. The predicted molar refractivity (Wildman–Crippen MR) is 62.9 cm³/mol. The van der Waals surface area contributed by atoms with Crippen LogP contribution in [0.25, 0.3) is 0 Å². The topological polar surface area (TPSA) is 61.1 Å².